The predicted octanol–water partition coefficient (Wildman–Crippen LogP) is 2.20. The highest BCUT2D eigenvalue weighted by Crippen LogP contribution is 2.41. The molecule has 1 fully saturated rings. The highest BCUT2D eigenvalue weighted by Gasteiger charge is 2.45. The SMILES string of the molecule is CC[N+]1(C2CCCC2)N=CC=C1c1nnc(CS(C)(=O)=O)s1. The first-order valence-corrected chi connectivity index (χ1v) is 10.5. The van der Waals surface area contributed by atoms with Gasteiger partial charge in [0.2, 0.25) is 5.01 Å². The van der Waals surface area contributed by atoms with Crippen LogP contribution in [-0.4, -0.2) is 48.3 Å². The lowest BCUT2D eigenvalue weighted by molar-refractivity contribution is -0.887. The van der Waals surface area contributed by atoms with Crippen molar-refractivity contribution in [2.45, 2.75) is 44.4 Å². The Labute approximate surface area is 135 Å². The summed E-state index contributed by atoms with van der Waals surface area (Å²) < 4.78 is 23.4. The number of sulfone groups is 1. The van der Waals surface area contributed by atoms with Crippen molar-refractivity contribution in [1.29, 1.82) is 0 Å². The van der Waals surface area contributed by atoms with Crippen molar-refractivity contribution in [2.75, 3.05) is 12.8 Å². The predicted molar refractivity (Wildman–Crippen MR) is 88.0 cm³/mol. The average Bonchev–Trinajstić information content (AvgIpc) is 3.16. The third-order valence-corrected chi connectivity index (χ3v) is 6.33. The zero-order valence-electron chi connectivity index (χ0n) is 12.9. The number of allylic oxidation sites excluding steroid dienone is 1. The van der Waals surface area contributed by atoms with Gasteiger partial charge < -0.3 is 0 Å². The van der Waals surface area contributed by atoms with Crippen LogP contribution in [0.15, 0.2) is 11.2 Å². The Bertz CT molecular complexity index is 717. The molecule has 3 rings (SSSR count). The number of rotatable bonds is 5. The minimum absolute atomic E-state index is 0.0473. The molecule has 1 aromatic rings. The van der Waals surface area contributed by atoms with E-state index in [4.69, 9.17) is 5.10 Å². The number of hydrogen-bond acceptors (Lipinski definition) is 6. The van der Waals surface area contributed by atoms with Crippen LogP contribution in [0.4, 0.5) is 0 Å². The molecule has 2 heterocycles. The standard InChI is InChI=1S/C14H21N4O2S2/c1-3-18(11-6-4-5-7-11)12(8-9-15-18)14-17-16-13(21-14)10-22(2,19)20/h8-9,11H,3-7,10H2,1-2H3/q+1. The highest BCUT2D eigenvalue weighted by atomic mass is 32.2. The van der Waals surface area contributed by atoms with Gasteiger partial charge in [-0.25, -0.2) is 8.42 Å². The maximum atomic E-state index is 11.4. The normalized spacial score (nSPS) is 25.8. The second-order valence-electron chi connectivity index (χ2n) is 5.97. The second kappa shape index (κ2) is 5.82. The van der Waals surface area contributed by atoms with Gasteiger partial charge in [0, 0.05) is 25.2 Å². The molecule has 0 bridgehead atoms. The van der Waals surface area contributed by atoms with Crippen LogP contribution in [0.1, 0.15) is 42.6 Å². The Morgan fingerprint density at radius 3 is 2.68 bits per heavy atom. The first-order valence-electron chi connectivity index (χ1n) is 7.59. The highest BCUT2D eigenvalue weighted by molar-refractivity contribution is 7.90. The molecule has 0 N–H and O–H groups in total. The van der Waals surface area contributed by atoms with Gasteiger partial charge in [-0.1, -0.05) is 16.4 Å². The third kappa shape index (κ3) is 2.87. The topological polar surface area (TPSA) is 72.3 Å². The minimum Gasteiger partial charge on any atom is -0.229 e. The molecule has 1 unspecified atom stereocenters. The second-order valence-corrected chi connectivity index (χ2v) is 9.17. The first-order chi connectivity index (χ1) is 10.4. The molecule has 0 saturated heterocycles. The van der Waals surface area contributed by atoms with Gasteiger partial charge in [0.05, 0.1) is 6.21 Å². The Hall–Kier alpha value is -1.12. The summed E-state index contributed by atoms with van der Waals surface area (Å²) in [5, 5.41) is 14.4. The largest absolute Gasteiger partial charge is 0.229 e. The van der Waals surface area contributed by atoms with Crippen molar-refractivity contribution in [1.82, 2.24) is 10.2 Å². The Morgan fingerprint density at radius 2 is 2.05 bits per heavy atom. The van der Waals surface area contributed by atoms with Gasteiger partial charge in [-0.15, -0.1) is 10.2 Å². The fourth-order valence-electron chi connectivity index (χ4n) is 3.42. The van der Waals surface area contributed by atoms with Crippen LogP contribution in [0, 0.1) is 0 Å². The van der Waals surface area contributed by atoms with Gasteiger partial charge in [0.15, 0.2) is 15.5 Å². The molecule has 22 heavy (non-hydrogen) atoms. The minimum atomic E-state index is -3.09. The lowest BCUT2D eigenvalue weighted by Crippen LogP contribution is -2.46. The third-order valence-electron chi connectivity index (χ3n) is 4.40. The molecule has 1 atom stereocenters. The van der Waals surface area contributed by atoms with Crippen LogP contribution in [0.5, 0.6) is 0 Å². The van der Waals surface area contributed by atoms with Crippen molar-refractivity contribution in [3.05, 3.63) is 16.1 Å². The number of aromatic nitrogens is 2. The molecule has 6 nitrogen and oxygen atoms in total. The quantitative estimate of drug-likeness (QED) is 0.770. The number of nitrogens with zero attached hydrogens (tertiary/aromatic N) is 4. The molecule has 1 aliphatic heterocycles. The summed E-state index contributed by atoms with van der Waals surface area (Å²) in [6, 6.07) is 0.497. The Balaban J connectivity index is 1.90. The van der Waals surface area contributed by atoms with Crippen molar-refractivity contribution >= 4 is 33.1 Å². The molecule has 0 spiro atoms. The van der Waals surface area contributed by atoms with Crippen LogP contribution < -0.4 is 0 Å². The summed E-state index contributed by atoms with van der Waals surface area (Å²) in [5.41, 5.74) is 1.06. The fraction of sp³-hybridized carbons (Fsp3) is 0.643. The molecule has 1 aliphatic carbocycles. The average molecular weight is 341 g/mol. The smallest absolute Gasteiger partial charge is 0.204 e. The van der Waals surface area contributed by atoms with Crippen LogP contribution >= 0.6 is 11.3 Å². The van der Waals surface area contributed by atoms with Crippen LogP contribution in [-0.2, 0) is 15.6 Å². The molecule has 0 radical (unpaired) electrons. The molecule has 8 heteroatoms. The molecule has 1 saturated carbocycles. The summed E-state index contributed by atoms with van der Waals surface area (Å²) in [7, 11) is -3.09. The molecular formula is C14H21N4O2S2+. The molecule has 2 aliphatic rings. The zero-order chi connectivity index (χ0) is 15.8. The summed E-state index contributed by atoms with van der Waals surface area (Å²) in [4.78, 5) is 0. The first kappa shape index (κ1) is 15.8. The van der Waals surface area contributed by atoms with Crippen LogP contribution in [0.25, 0.3) is 5.70 Å². The Morgan fingerprint density at radius 1 is 1.32 bits per heavy atom. The van der Waals surface area contributed by atoms with E-state index in [0.29, 0.717) is 15.6 Å². The van der Waals surface area contributed by atoms with Gasteiger partial charge in [-0.05, 0) is 19.8 Å². The van der Waals surface area contributed by atoms with E-state index in [1.807, 2.05) is 12.3 Å². The van der Waals surface area contributed by atoms with Crippen molar-refractivity contribution in [2.24, 2.45) is 5.10 Å². The summed E-state index contributed by atoms with van der Waals surface area (Å²) >= 11 is 1.37. The van der Waals surface area contributed by atoms with E-state index in [-0.39, 0.29) is 5.75 Å². The fourth-order valence-corrected chi connectivity index (χ4v) is 5.52. The monoisotopic (exact) mass is 341 g/mol. The lowest BCUT2D eigenvalue weighted by atomic mass is 10.1. The maximum Gasteiger partial charge on any atom is 0.204 e. The van der Waals surface area contributed by atoms with E-state index in [2.05, 4.69) is 17.1 Å². The van der Waals surface area contributed by atoms with Gasteiger partial charge in [0.25, 0.3) is 0 Å². The summed E-state index contributed by atoms with van der Waals surface area (Å²) in [6.07, 6.45) is 9.94. The van der Waals surface area contributed by atoms with Crippen LogP contribution in [0.2, 0.25) is 0 Å². The van der Waals surface area contributed by atoms with Crippen molar-refractivity contribution in [3.8, 4) is 0 Å². The summed E-state index contributed by atoms with van der Waals surface area (Å²) in [6.45, 7) is 3.03. The van der Waals surface area contributed by atoms with Crippen molar-refractivity contribution < 1.29 is 13.0 Å². The van der Waals surface area contributed by atoms with Crippen molar-refractivity contribution in [3.63, 3.8) is 0 Å². The zero-order valence-corrected chi connectivity index (χ0v) is 14.5. The van der Waals surface area contributed by atoms with E-state index in [0.717, 1.165) is 17.2 Å². The Kier molecular flexibility index (Phi) is 4.17. The van der Waals surface area contributed by atoms with E-state index < -0.39 is 9.84 Å². The van der Waals surface area contributed by atoms with Crippen LogP contribution in [0.3, 0.4) is 0 Å². The van der Waals surface area contributed by atoms with Gasteiger partial charge in [0.1, 0.15) is 23.3 Å². The molecule has 0 aromatic carbocycles. The molecule has 120 valence electrons. The summed E-state index contributed by atoms with van der Waals surface area (Å²) in [5.74, 6) is -0.0473. The maximum absolute atomic E-state index is 11.4. The van der Waals surface area contributed by atoms with E-state index in [1.165, 1.54) is 43.3 Å². The molecule has 1 aromatic heterocycles. The lowest BCUT2D eigenvalue weighted by Gasteiger charge is -2.34. The number of hydrogen-bond donors (Lipinski definition) is 0. The number of quaternary nitrogens is 1. The van der Waals surface area contributed by atoms with Gasteiger partial charge in [-0.3, -0.25) is 0 Å². The van der Waals surface area contributed by atoms with E-state index >= 15 is 0 Å². The van der Waals surface area contributed by atoms with Gasteiger partial charge in [-0.2, -0.15) is 4.59 Å². The van der Waals surface area contributed by atoms with E-state index in [1.54, 1.807) is 0 Å². The van der Waals surface area contributed by atoms with Gasteiger partial charge >= 0.3 is 0 Å². The molecular weight excluding hydrogens is 320 g/mol. The van der Waals surface area contributed by atoms with E-state index in [9.17, 15) is 8.42 Å². The molecule has 0 amide bonds.